The number of aryl methyl sites for hydroxylation is 1. The molecule has 0 amide bonds. The van der Waals surface area contributed by atoms with Crippen LogP contribution in [-0.2, 0) is 12.4 Å². The molecule has 23 heavy (non-hydrogen) atoms. The number of hydrogen-bond donors (Lipinski definition) is 0. The number of rotatable bonds is 2. The molecule has 2 aromatic rings. The van der Waals surface area contributed by atoms with Crippen LogP contribution in [0.3, 0.4) is 0 Å². The van der Waals surface area contributed by atoms with Crippen molar-refractivity contribution < 1.29 is 26.3 Å². The summed E-state index contributed by atoms with van der Waals surface area (Å²) in [4.78, 5) is 0. The van der Waals surface area contributed by atoms with Gasteiger partial charge in [-0.05, 0) is 36.2 Å². The fourth-order valence-corrected chi connectivity index (χ4v) is 1.95. The third kappa shape index (κ3) is 4.61. The first-order valence-electron chi connectivity index (χ1n) is 6.60. The lowest BCUT2D eigenvalue weighted by Gasteiger charge is -2.12. The number of halogens is 6. The van der Waals surface area contributed by atoms with Crippen LogP contribution in [0.2, 0.25) is 0 Å². The van der Waals surface area contributed by atoms with Gasteiger partial charge in [0.2, 0.25) is 0 Å². The molecule has 0 N–H and O–H groups in total. The molecule has 0 aromatic heterocycles. The summed E-state index contributed by atoms with van der Waals surface area (Å²) in [5.41, 5.74) is -1.12. The van der Waals surface area contributed by atoms with Crippen LogP contribution in [0.25, 0.3) is 12.2 Å². The molecular weight excluding hydrogens is 318 g/mol. The molecule has 0 heterocycles. The largest absolute Gasteiger partial charge is 0.416 e. The van der Waals surface area contributed by atoms with Gasteiger partial charge in [0, 0.05) is 0 Å². The second-order valence-corrected chi connectivity index (χ2v) is 5.08. The van der Waals surface area contributed by atoms with Gasteiger partial charge < -0.3 is 0 Å². The fourth-order valence-electron chi connectivity index (χ4n) is 1.95. The SMILES string of the molecule is Cc1ccc(/C=C/c2cc(C(F)(F)F)cc(C(F)(F)F)c2)cc1. The average Bonchev–Trinajstić information content (AvgIpc) is 2.44. The third-order valence-corrected chi connectivity index (χ3v) is 3.16. The van der Waals surface area contributed by atoms with E-state index in [0.29, 0.717) is 17.7 Å². The topological polar surface area (TPSA) is 0 Å². The molecule has 0 aliphatic carbocycles. The van der Waals surface area contributed by atoms with Crippen molar-refractivity contribution in [3.05, 3.63) is 70.3 Å². The van der Waals surface area contributed by atoms with E-state index >= 15 is 0 Å². The van der Waals surface area contributed by atoms with Gasteiger partial charge in [0.25, 0.3) is 0 Å². The molecule has 0 unspecified atom stereocenters. The Kier molecular flexibility index (Phi) is 4.54. The number of benzene rings is 2. The molecule has 2 rings (SSSR count). The van der Waals surface area contributed by atoms with E-state index in [1.54, 1.807) is 24.3 Å². The first-order valence-corrected chi connectivity index (χ1v) is 6.60. The second kappa shape index (κ2) is 6.10. The first-order chi connectivity index (χ1) is 10.6. The van der Waals surface area contributed by atoms with E-state index in [-0.39, 0.29) is 11.6 Å². The van der Waals surface area contributed by atoms with Crippen molar-refractivity contribution in [1.29, 1.82) is 0 Å². The third-order valence-electron chi connectivity index (χ3n) is 3.16. The van der Waals surface area contributed by atoms with Gasteiger partial charge in [-0.25, -0.2) is 0 Å². The van der Waals surface area contributed by atoms with Crippen LogP contribution in [0, 0.1) is 6.92 Å². The highest BCUT2D eigenvalue weighted by Gasteiger charge is 2.36. The summed E-state index contributed by atoms with van der Waals surface area (Å²) >= 11 is 0. The number of alkyl halides is 6. The maximum atomic E-state index is 12.8. The first kappa shape index (κ1) is 17.1. The highest BCUT2D eigenvalue weighted by molar-refractivity contribution is 5.70. The highest BCUT2D eigenvalue weighted by atomic mass is 19.4. The monoisotopic (exact) mass is 330 g/mol. The molecule has 122 valence electrons. The highest BCUT2D eigenvalue weighted by Crippen LogP contribution is 2.36. The Morgan fingerprint density at radius 1 is 0.652 bits per heavy atom. The summed E-state index contributed by atoms with van der Waals surface area (Å²) in [7, 11) is 0. The van der Waals surface area contributed by atoms with E-state index in [4.69, 9.17) is 0 Å². The predicted molar refractivity (Wildman–Crippen MR) is 76.6 cm³/mol. The maximum absolute atomic E-state index is 12.8. The van der Waals surface area contributed by atoms with Crippen LogP contribution < -0.4 is 0 Å². The van der Waals surface area contributed by atoms with Crippen LogP contribution in [0.5, 0.6) is 0 Å². The minimum Gasteiger partial charge on any atom is -0.166 e. The molecule has 0 saturated heterocycles. The van der Waals surface area contributed by atoms with Gasteiger partial charge in [-0.15, -0.1) is 0 Å². The lowest BCUT2D eigenvalue weighted by Crippen LogP contribution is -2.11. The van der Waals surface area contributed by atoms with Gasteiger partial charge in [-0.1, -0.05) is 42.0 Å². The van der Waals surface area contributed by atoms with Gasteiger partial charge in [-0.2, -0.15) is 26.3 Å². The molecule has 0 saturated carbocycles. The average molecular weight is 330 g/mol. The van der Waals surface area contributed by atoms with Crippen LogP contribution in [0.15, 0.2) is 42.5 Å². The molecule has 0 aliphatic rings. The van der Waals surface area contributed by atoms with Gasteiger partial charge in [0.15, 0.2) is 0 Å². The Balaban J connectivity index is 2.43. The predicted octanol–water partition coefficient (Wildman–Crippen LogP) is 6.20. The Labute approximate surface area is 129 Å². The smallest absolute Gasteiger partial charge is 0.166 e. The van der Waals surface area contributed by atoms with Crippen LogP contribution >= 0.6 is 0 Å². The molecule has 0 radical (unpaired) electrons. The summed E-state index contributed by atoms with van der Waals surface area (Å²) in [5, 5.41) is 0. The maximum Gasteiger partial charge on any atom is 0.416 e. The summed E-state index contributed by atoms with van der Waals surface area (Å²) in [6.45, 7) is 1.87. The quantitative estimate of drug-likeness (QED) is 0.454. The van der Waals surface area contributed by atoms with Crippen LogP contribution in [0.1, 0.15) is 27.8 Å². The van der Waals surface area contributed by atoms with E-state index in [1.165, 1.54) is 12.2 Å². The molecule has 0 spiro atoms. The van der Waals surface area contributed by atoms with Crippen molar-refractivity contribution in [3.63, 3.8) is 0 Å². The van der Waals surface area contributed by atoms with Gasteiger partial charge in [0.1, 0.15) is 0 Å². The van der Waals surface area contributed by atoms with E-state index in [9.17, 15) is 26.3 Å². The lowest BCUT2D eigenvalue weighted by atomic mass is 10.0. The fraction of sp³-hybridized carbons (Fsp3) is 0.176. The Morgan fingerprint density at radius 3 is 1.52 bits per heavy atom. The van der Waals surface area contributed by atoms with Crippen molar-refractivity contribution in [2.75, 3.05) is 0 Å². The minimum absolute atomic E-state index is 0.114. The van der Waals surface area contributed by atoms with E-state index in [2.05, 4.69) is 0 Å². The van der Waals surface area contributed by atoms with Crippen LogP contribution in [0.4, 0.5) is 26.3 Å². The molecular formula is C17H12F6. The van der Waals surface area contributed by atoms with E-state index in [0.717, 1.165) is 5.56 Å². The molecule has 6 heteroatoms. The molecule has 0 bridgehead atoms. The minimum atomic E-state index is -4.84. The van der Waals surface area contributed by atoms with Crippen molar-refractivity contribution in [3.8, 4) is 0 Å². The van der Waals surface area contributed by atoms with E-state index < -0.39 is 23.5 Å². The van der Waals surface area contributed by atoms with Gasteiger partial charge >= 0.3 is 12.4 Å². The van der Waals surface area contributed by atoms with Crippen molar-refractivity contribution in [2.45, 2.75) is 19.3 Å². The molecule has 0 nitrogen and oxygen atoms in total. The van der Waals surface area contributed by atoms with Crippen molar-refractivity contribution >= 4 is 12.2 Å². The summed E-state index contributed by atoms with van der Waals surface area (Å²) in [6, 6.07) is 8.55. The lowest BCUT2D eigenvalue weighted by molar-refractivity contribution is -0.143. The zero-order valence-electron chi connectivity index (χ0n) is 12.0. The molecule has 0 aliphatic heterocycles. The Hall–Kier alpha value is -2.24. The molecule has 0 fully saturated rings. The van der Waals surface area contributed by atoms with Gasteiger partial charge in [-0.3, -0.25) is 0 Å². The van der Waals surface area contributed by atoms with Crippen molar-refractivity contribution in [2.24, 2.45) is 0 Å². The molecule has 0 atom stereocenters. The van der Waals surface area contributed by atoms with Crippen LogP contribution in [-0.4, -0.2) is 0 Å². The summed E-state index contributed by atoms with van der Waals surface area (Å²) < 4.78 is 76.5. The second-order valence-electron chi connectivity index (χ2n) is 5.08. The normalized spacial score (nSPS) is 12.8. The zero-order chi connectivity index (χ0) is 17.3. The van der Waals surface area contributed by atoms with E-state index in [1.807, 2.05) is 6.92 Å². The standard InChI is InChI=1S/C17H12F6/c1-11-2-4-12(5-3-11)6-7-13-8-14(16(18,19)20)10-15(9-13)17(21,22)23/h2-10H,1H3/b7-6+. The van der Waals surface area contributed by atoms with Crippen molar-refractivity contribution in [1.82, 2.24) is 0 Å². The zero-order valence-corrected chi connectivity index (χ0v) is 12.0. The van der Waals surface area contributed by atoms with Gasteiger partial charge in [0.05, 0.1) is 11.1 Å². The molecule has 2 aromatic carbocycles. The summed E-state index contributed by atoms with van der Waals surface area (Å²) in [5.74, 6) is 0. The Bertz CT molecular complexity index is 673. The summed E-state index contributed by atoms with van der Waals surface area (Å²) in [6.07, 6.45) is -6.98. The number of hydrogen-bond acceptors (Lipinski definition) is 0. The Morgan fingerprint density at radius 2 is 1.09 bits per heavy atom.